The van der Waals surface area contributed by atoms with E-state index in [4.69, 9.17) is 10.5 Å². The summed E-state index contributed by atoms with van der Waals surface area (Å²) in [6.45, 7) is 9.81. The van der Waals surface area contributed by atoms with E-state index in [1.54, 1.807) is 6.92 Å². The van der Waals surface area contributed by atoms with Gasteiger partial charge in [0.25, 0.3) is 5.91 Å². The number of aryl methyl sites for hydroxylation is 1. The molecule has 1 aromatic carbocycles. The van der Waals surface area contributed by atoms with Gasteiger partial charge in [-0.15, -0.1) is 0 Å². The maximum absolute atomic E-state index is 12.1. The largest absolute Gasteiger partial charge is 0.479 e. The first-order valence-electron chi connectivity index (χ1n) is 7.16. The topological polar surface area (TPSA) is 64.3 Å². The van der Waals surface area contributed by atoms with E-state index in [9.17, 15) is 4.79 Å². The summed E-state index contributed by atoms with van der Waals surface area (Å²) in [6.07, 6.45) is 1.21. The van der Waals surface area contributed by atoms with Crippen molar-refractivity contribution < 1.29 is 9.53 Å². The summed E-state index contributed by atoms with van der Waals surface area (Å²) in [4.78, 5) is 12.1. The fourth-order valence-corrected chi connectivity index (χ4v) is 1.69. The van der Waals surface area contributed by atoms with Gasteiger partial charge >= 0.3 is 0 Å². The van der Waals surface area contributed by atoms with Crippen molar-refractivity contribution in [3.8, 4) is 5.75 Å². The lowest BCUT2D eigenvalue weighted by Crippen LogP contribution is -2.48. The summed E-state index contributed by atoms with van der Waals surface area (Å²) in [5.74, 6) is 0.426. The first-order valence-corrected chi connectivity index (χ1v) is 7.16. The van der Waals surface area contributed by atoms with Gasteiger partial charge in [0, 0.05) is 5.54 Å². The van der Waals surface area contributed by atoms with Gasteiger partial charge in [0.15, 0.2) is 6.10 Å². The van der Waals surface area contributed by atoms with Crippen molar-refractivity contribution in [3.63, 3.8) is 0 Å². The maximum atomic E-state index is 12.1. The normalized spacial score (nSPS) is 12.8. The fraction of sp³-hybridized carbons (Fsp3) is 0.562. The quantitative estimate of drug-likeness (QED) is 0.786. The summed E-state index contributed by atoms with van der Waals surface area (Å²) < 4.78 is 5.66. The first kappa shape index (κ1) is 16.3. The lowest BCUT2D eigenvalue weighted by molar-refractivity contribution is -0.128. The molecule has 0 aromatic heterocycles. The molecule has 0 radical (unpaired) electrons. The van der Waals surface area contributed by atoms with Crippen LogP contribution in [-0.4, -0.2) is 17.6 Å². The average molecular weight is 278 g/mol. The molecule has 1 amide bonds. The minimum Gasteiger partial charge on any atom is -0.479 e. The summed E-state index contributed by atoms with van der Waals surface area (Å²) in [6, 6.07) is 5.67. The van der Waals surface area contributed by atoms with Crippen LogP contribution < -0.4 is 15.8 Å². The van der Waals surface area contributed by atoms with Gasteiger partial charge in [0.2, 0.25) is 0 Å². The number of ether oxygens (including phenoxy) is 1. The minimum absolute atomic E-state index is 0.129. The van der Waals surface area contributed by atoms with Gasteiger partial charge < -0.3 is 15.8 Å². The van der Waals surface area contributed by atoms with E-state index in [2.05, 4.69) is 12.2 Å². The molecule has 112 valence electrons. The van der Waals surface area contributed by atoms with Gasteiger partial charge in [0.1, 0.15) is 5.75 Å². The van der Waals surface area contributed by atoms with Crippen LogP contribution in [0.1, 0.15) is 46.6 Å². The number of nitrogens with one attached hydrogen (secondary N) is 1. The SMILES string of the molecule is CCc1ccc(OC(C)C(=O)NC(C)(C)CC)c(N)c1. The summed E-state index contributed by atoms with van der Waals surface area (Å²) in [5, 5.41) is 2.96. The lowest BCUT2D eigenvalue weighted by atomic mass is 10.0. The van der Waals surface area contributed by atoms with Crippen molar-refractivity contribution in [2.45, 2.75) is 59.1 Å². The highest BCUT2D eigenvalue weighted by molar-refractivity contribution is 5.81. The van der Waals surface area contributed by atoms with Crippen LogP contribution in [0.5, 0.6) is 5.75 Å². The molecule has 0 saturated carbocycles. The van der Waals surface area contributed by atoms with Crippen molar-refractivity contribution in [1.82, 2.24) is 5.32 Å². The van der Waals surface area contributed by atoms with Crippen LogP contribution in [0.2, 0.25) is 0 Å². The van der Waals surface area contributed by atoms with Gasteiger partial charge in [-0.3, -0.25) is 4.79 Å². The van der Waals surface area contributed by atoms with Crippen molar-refractivity contribution in [2.24, 2.45) is 0 Å². The van der Waals surface area contributed by atoms with Gasteiger partial charge in [-0.2, -0.15) is 0 Å². The standard InChI is InChI=1S/C16H26N2O2/c1-6-12-8-9-14(13(17)10-12)20-11(3)15(19)18-16(4,5)7-2/h8-11H,6-7,17H2,1-5H3,(H,18,19). The highest BCUT2D eigenvalue weighted by Gasteiger charge is 2.23. The van der Waals surface area contributed by atoms with Crippen LogP contribution in [0, 0.1) is 0 Å². The third-order valence-electron chi connectivity index (χ3n) is 3.50. The second-order valence-corrected chi connectivity index (χ2v) is 5.71. The van der Waals surface area contributed by atoms with Crippen LogP contribution in [-0.2, 0) is 11.2 Å². The van der Waals surface area contributed by atoms with Crippen molar-refractivity contribution >= 4 is 11.6 Å². The predicted octanol–water partition coefficient (Wildman–Crippen LogP) is 2.90. The molecule has 0 aliphatic carbocycles. The molecule has 0 heterocycles. The second-order valence-electron chi connectivity index (χ2n) is 5.71. The third kappa shape index (κ3) is 4.44. The number of carbonyl (C=O) groups is 1. The van der Waals surface area contributed by atoms with Crippen LogP contribution in [0.3, 0.4) is 0 Å². The molecule has 0 spiro atoms. The van der Waals surface area contributed by atoms with E-state index in [1.165, 1.54) is 0 Å². The maximum Gasteiger partial charge on any atom is 0.261 e. The minimum atomic E-state index is -0.574. The molecular formula is C16H26N2O2. The Hall–Kier alpha value is -1.71. The van der Waals surface area contributed by atoms with E-state index < -0.39 is 6.10 Å². The Labute approximate surface area is 121 Å². The Morgan fingerprint density at radius 1 is 1.40 bits per heavy atom. The molecule has 4 nitrogen and oxygen atoms in total. The molecule has 4 heteroatoms. The van der Waals surface area contributed by atoms with Crippen LogP contribution in [0.25, 0.3) is 0 Å². The van der Waals surface area contributed by atoms with Gasteiger partial charge in [-0.1, -0.05) is 19.9 Å². The highest BCUT2D eigenvalue weighted by Crippen LogP contribution is 2.24. The van der Waals surface area contributed by atoms with Crippen molar-refractivity contribution in [2.75, 3.05) is 5.73 Å². The lowest BCUT2D eigenvalue weighted by Gasteiger charge is -2.26. The molecule has 20 heavy (non-hydrogen) atoms. The predicted molar refractivity (Wildman–Crippen MR) is 82.8 cm³/mol. The Balaban J connectivity index is 2.71. The third-order valence-corrected chi connectivity index (χ3v) is 3.50. The van der Waals surface area contributed by atoms with E-state index in [0.717, 1.165) is 18.4 Å². The summed E-state index contributed by atoms with van der Waals surface area (Å²) in [7, 11) is 0. The number of carbonyl (C=O) groups excluding carboxylic acids is 1. The zero-order chi connectivity index (χ0) is 15.3. The first-order chi connectivity index (χ1) is 9.29. The zero-order valence-corrected chi connectivity index (χ0v) is 13.1. The Kier molecular flexibility index (Phi) is 5.43. The Morgan fingerprint density at radius 3 is 2.55 bits per heavy atom. The molecular weight excluding hydrogens is 252 g/mol. The van der Waals surface area contributed by atoms with Crippen molar-refractivity contribution in [1.29, 1.82) is 0 Å². The average Bonchev–Trinajstić information content (AvgIpc) is 2.40. The molecule has 1 unspecified atom stereocenters. The number of hydrogen-bond donors (Lipinski definition) is 2. The summed E-state index contributed by atoms with van der Waals surface area (Å²) >= 11 is 0. The molecule has 0 aliphatic heterocycles. The molecule has 0 aliphatic rings. The number of nitrogen functional groups attached to an aromatic ring is 1. The van der Waals surface area contributed by atoms with Crippen molar-refractivity contribution in [3.05, 3.63) is 23.8 Å². The number of amides is 1. The number of anilines is 1. The van der Waals surface area contributed by atoms with Gasteiger partial charge in [-0.05, 0) is 51.3 Å². The van der Waals surface area contributed by atoms with Gasteiger partial charge in [-0.25, -0.2) is 0 Å². The van der Waals surface area contributed by atoms with Crippen LogP contribution in [0.4, 0.5) is 5.69 Å². The molecule has 0 fully saturated rings. The number of hydrogen-bond acceptors (Lipinski definition) is 3. The number of nitrogens with two attached hydrogens (primary N) is 1. The molecule has 1 atom stereocenters. The highest BCUT2D eigenvalue weighted by atomic mass is 16.5. The zero-order valence-electron chi connectivity index (χ0n) is 13.1. The van der Waals surface area contributed by atoms with E-state index in [1.807, 2.05) is 39.0 Å². The van der Waals surface area contributed by atoms with E-state index in [-0.39, 0.29) is 11.4 Å². The molecule has 0 saturated heterocycles. The number of benzene rings is 1. The monoisotopic (exact) mass is 278 g/mol. The van der Waals surface area contributed by atoms with Gasteiger partial charge in [0.05, 0.1) is 5.69 Å². The van der Waals surface area contributed by atoms with Crippen LogP contribution >= 0.6 is 0 Å². The molecule has 1 rings (SSSR count). The number of rotatable bonds is 6. The van der Waals surface area contributed by atoms with E-state index in [0.29, 0.717) is 11.4 Å². The molecule has 0 bridgehead atoms. The van der Waals surface area contributed by atoms with Crippen LogP contribution in [0.15, 0.2) is 18.2 Å². The molecule has 3 N–H and O–H groups in total. The second kappa shape index (κ2) is 6.64. The van der Waals surface area contributed by atoms with E-state index >= 15 is 0 Å². The summed E-state index contributed by atoms with van der Waals surface area (Å²) in [5.41, 5.74) is 7.43. The fourth-order valence-electron chi connectivity index (χ4n) is 1.69. The smallest absolute Gasteiger partial charge is 0.261 e. The molecule has 1 aromatic rings. The Morgan fingerprint density at radius 2 is 2.05 bits per heavy atom. The Bertz CT molecular complexity index is 470.